The highest BCUT2D eigenvalue weighted by atomic mass is 15.0. The van der Waals surface area contributed by atoms with Gasteiger partial charge in [0, 0.05) is 23.8 Å². The molecule has 4 N–H and O–H groups in total. The number of fused-ring (bicyclic) bond motifs is 2. The molecule has 1 aliphatic heterocycles. The summed E-state index contributed by atoms with van der Waals surface area (Å²) in [5.41, 5.74) is 6.59. The fourth-order valence-corrected chi connectivity index (χ4v) is 4.77. The van der Waals surface area contributed by atoms with Gasteiger partial charge < -0.3 is 11.1 Å². The Bertz CT molecular complexity index is 253. The van der Waals surface area contributed by atoms with Gasteiger partial charge in [-0.25, -0.2) is 0 Å². The molecule has 6 atom stereocenters. The molecule has 3 rings (SSSR count). The lowest BCUT2D eigenvalue weighted by molar-refractivity contribution is -0.753. The Labute approximate surface area is 99.4 Å². The first-order valence-electron chi connectivity index (χ1n) is 7.38. The second-order valence-corrected chi connectivity index (χ2v) is 6.53. The van der Waals surface area contributed by atoms with Crippen LogP contribution in [0.5, 0.6) is 0 Å². The molecule has 2 aliphatic carbocycles. The van der Waals surface area contributed by atoms with E-state index in [0.717, 1.165) is 29.8 Å². The van der Waals surface area contributed by atoms with Crippen LogP contribution in [-0.4, -0.2) is 18.1 Å². The van der Waals surface area contributed by atoms with E-state index in [4.69, 9.17) is 5.73 Å². The minimum Gasteiger partial charge on any atom is -0.341 e. The predicted molar refractivity (Wildman–Crippen MR) is 65.9 cm³/mol. The van der Waals surface area contributed by atoms with Gasteiger partial charge in [-0.15, -0.1) is 0 Å². The zero-order valence-corrected chi connectivity index (χ0v) is 10.6. The van der Waals surface area contributed by atoms with Crippen LogP contribution in [0, 0.1) is 17.8 Å². The van der Waals surface area contributed by atoms with Crippen molar-refractivity contribution in [1.29, 1.82) is 0 Å². The molecule has 0 bridgehead atoms. The van der Waals surface area contributed by atoms with Gasteiger partial charge in [-0.3, -0.25) is 0 Å². The summed E-state index contributed by atoms with van der Waals surface area (Å²) in [6.07, 6.45) is 9.94. The first-order valence-corrected chi connectivity index (χ1v) is 7.38. The number of rotatable bonds is 0. The zero-order valence-electron chi connectivity index (χ0n) is 10.6. The third-order valence-corrected chi connectivity index (χ3v) is 5.68. The number of piperidine rings is 1. The van der Waals surface area contributed by atoms with Crippen LogP contribution in [0.4, 0.5) is 0 Å². The predicted octanol–water partition coefficient (Wildman–Crippen LogP) is 1.25. The van der Waals surface area contributed by atoms with E-state index >= 15 is 0 Å². The van der Waals surface area contributed by atoms with E-state index < -0.39 is 0 Å². The maximum absolute atomic E-state index is 6.59. The Hall–Kier alpha value is -0.0800. The maximum Gasteiger partial charge on any atom is 0.0930 e. The summed E-state index contributed by atoms with van der Waals surface area (Å²) in [5.74, 6) is 2.55. The van der Waals surface area contributed by atoms with E-state index in [-0.39, 0.29) is 0 Å². The van der Waals surface area contributed by atoms with Crippen molar-refractivity contribution in [3.05, 3.63) is 0 Å². The average molecular weight is 223 g/mol. The third-order valence-electron chi connectivity index (χ3n) is 5.68. The molecule has 0 aromatic rings. The van der Waals surface area contributed by atoms with Crippen molar-refractivity contribution in [1.82, 2.24) is 0 Å². The Balaban J connectivity index is 1.79. The highest BCUT2D eigenvalue weighted by Crippen LogP contribution is 2.38. The van der Waals surface area contributed by atoms with Crippen molar-refractivity contribution in [2.75, 3.05) is 0 Å². The standard InChI is InChI=1S/C14H26N2/c1-9-5-4-7-11-13(15)10-6-2-3-8-12(10)16-14(9)11/h9-14,16H,2-8,15H2,1H3/p+1. The lowest BCUT2D eigenvalue weighted by Gasteiger charge is -2.49. The van der Waals surface area contributed by atoms with Crippen LogP contribution in [-0.2, 0) is 0 Å². The van der Waals surface area contributed by atoms with Crippen molar-refractivity contribution < 1.29 is 5.32 Å². The second-order valence-electron chi connectivity index (χ2n) is 6.53. The molecule has 6 unspecified atom stereocenters. The summed E-state index contributed by atoms with van der Waals surface area (Å²) in [7, 11) is 0. The highest BCUT2D eigenvalue weighted by molar-refractivity contribution is 4.96. The Morgan fingerprint density at radius 2 is 1.69 bits per heavy atom. The number of hydrogen-bond acceptors (Lipinski definition) is 1. The molecule has 92 valence electrons. The second kappa shape index (κ2) is 4.30. The molecule has 0 spiro atoms. The van der Waals surface area contributed by atoms with Crippen LogP contribution in [0.1, 0.15) is 51.9 Å². The SMILES string of the molecule is CC1CCCC2C(N)C3CCCCC3[NH2+]C12. The van der Waals surface area contributed by atoms with Crippen molar-refractivity contribution in [2.24, 2.45) is 23.5 Å². The van der Waals surface area contributed by atoms with E-state index in [1.165, 1.54) is 44.9 Å². The van der Waals surface area contributed by atoms with Gasteiger partial charge in [-0.2, -0.15) is 0 Å². The van der Waals surface area contributed by atoms with Gasteiger partial charge in [0.1, 0.15) is 0 Å². The Kier molecular flexibility index (Phi) is 2.97. The van der Waals surface area contributed by atoms with Gasteiger partial charge in [-0.05, 0) is 32.1 Å². The minimum absolute atomic E-state index is 0.517. The molecule has 0 aromatic heterocycles. The molecule has 0 radical (unpaired) electrons. The van der Waals surface area contributed by atoms with Crippen molar-refractivity contribution in [3.63, 3.8) is 0 Å². The summed E-state index contributed by atoms with van der Waals surface area (Å²) in [4.78, 5) is 0. The van der Waals surface area contributed by atoms with E-state index in [1.807, 2.05) is 0 Å². The molecular weight excluding hydrogens is 196 g/mol. The number of nitrogens with two attached hydrogens (primary N) is 2. The van der Waals surface area contributed by atoms with E-state index in [0.29, 0.717) is 6.04 Å². The van der Waals surface area contributed by atoms with Crippen LogP contribution in [0.15, 0.2) is 0 Å². The average Bonchev–Trinajstić information content (AvgIpc) is 2.31. The lowest BCUT2D eigenvalue weighted by atomic mass is 9.64. The fourth-order valence-electron chi connectivity index (χ4n) is 4.77. The summed E-state index contributed by atoms with van der Waals surface area (Å²) < 4.78 is 0. The quantitative estimate of drug-likeness (QED) is 0.638. The monoisotopic (exact) mass is 223 g/mol. The topological polar surface area (TPSA) is 42.6 Å². The Morgan fingerprint density at radius 3 is 2.56 bits per heavy atom. The van der Waals surface area contributed by atoms with Crippen LogP contribution in [0.2, 0.25) is 0 Å². The van der Waals surface area contributed by atoms with Gasteiger partial charge in [0.25, 0.3) is 0 Å². The molecule has 2 saturated carbocycles. The summed E-state index contributed by atoms with van der Waals surface area (Å²) in [6, 6.07) is 2.23. The van der Waals surface area contributed by atoms with Crippen LogP contribution in [0.3, 0.4) is 0 Å². The minimum atomic E-state index is 0.517. The van der Waals surface area contributed by atoms with Crippen LogP contribution in [0.25, 0.3) is 0 Å². The molecule has 1 saturated heterocycles. The molecule has 3 aliphatic rings. The largest absolute Gasteiger partial charge is 0.341 e. The number of quaternary nitrogens is 1. The van der Waals surface area contributed by atoms with E-state index in [9.17, 15) is 0 Å². The summed E-state index contributed by atoms with van der Waals surface area (Å²) >= 11 is 0. The van der Waals surface area contributed by atoms with Gasteiger partial charge >= 0.3 is 0 Å². The molecule has 0 aromatic carbocycles. The maximum atomic E-state index is 6.59. The fraction of sp³-hybridized carbons (Fsp3) is 1.00. The molecule has 2 heteroatoms. The molecular formula is C14H27N2+. The molecule has 3 fully saturated rings. The van der Waals surface area contributed by atoms with E-state index in [1.54, 1.807) is 0 Å². The number of hydrogen-bond donors (Lipinski definition) is 2. The van der Waals surface area contributed by atoms with Crippen LogP contribution < -0.4 is 11.1 Å². The Morgan fingerprint density at radius 1 is 0.938 bits per heavy atom. The first-order chi connectivity index (χ1) is 7.77. The van der Waals surface area contributed by atoms with Gasteiger partial charge in [0.15, 0.2) is 0 Å². The van der Waals surface area contributed by atoms with Crippen molar-refractivity contribution in [2.45, 2.75) is 70.0 Å². The molecule has 16 heavy (non-hydrogen) atoms. The van der Waals surface area contributed by atoms with Gasteiger partial charge in [0.05, 0.1) is 12.1 Å². The molecule has 2 nitrogen and oxygen atoms in total. The lowest BCUT2D eigenvalue weighted by Crippen LogP contribution is -3.02. The van der Waals surface area contributed by atoms with Crippen molar-refractivity contribution in [3.8, 4) is 0 Å². The van der Waals surface area contributed by atoms with Gasteiger partial charge in [-0.1, -0.05) is 19.8 Å². The smallest absolute Gasteiger partial charge is 0.0930 e. The normalized spacial score (nSPS) is 52.9. The molecule has 0 amide bonds. The van der Waals surface area contributed by atoms with E-state index in [2.05, 4.69) is 12.2 Å². The zero-order chi connectivity index (χ0) is 11.1. The summed E-state index contributed by atoms with van der Waals surface area (Å²) in [6.45, 7) is 2.45. The molecule has 1 heterocycles. The summed E-state index contributed by atoms with van der Waals surface area (Å²) in [5, 5.41) is 2.74. The third kappa shape index (κ3) is 1.70. The van der Waals surface area contributed by atoms with Crippen molar-refractivity contribution >= 4 is 0 Å². The highest BCUT2D eigenvalue weighted by Gasteiger charge is 2.49. The van der Waals surface area contributed by atoms with Gasteiger partial charge in [0.2, 0.25) is 0 Å². The first kappa shape index (κ1) is 11.0. The van der Waals surface area contributed by atoms with Crippen LogP contribution >= 0.6 is 0 Å².